The summed E-state index contributed by atoms with van der Waals surface area (Å²) in [5, 5.41) is 0. The minimum atomic E-state index is -0.511. The van der Waals surface area contributed by atoms with Crippen LogP contribution in [-0.4, -0.2) is 33.1 Å². The fourth-order valence-electron chi connectivity index (χ4n) is 3.08. The quantitative estimate of drug-likeness (QED) is 0.818. The van der Waals surface area contributed by atoms with Crippen molar-refractivity contribution in [2.45, 2.75) is 45.3 Å². The van der Waals surface area contributed by atoms with E-state index in [-0.39, 0.29) is 12.1 Å². The number of ether oxygens (including phenoxy) is 1. The van der Waals surface area contributed by atoms with Crippen LogP contribution in [0.2, 0.25) is 0 Å². The highest BCUT2D eigenvalue weighted by molar-refractivity contribution is 5.69. The maximum absolute atomic E-state index is 12.5. The average Bonchev–Trinajstić information content (AvgIpc) is 3.27. The number of nitrogens with zero attached hydrogens (tertiary/aromatic N) is 2. The van der Waals surface area contributed by atoms with Gasteiger partial charge < -0.3 is 9.72 Å². The van der Waals surface area contributed by atoms with Gasteiger partial charge in [-0.3, -0.25) is 4.90 Å². The number of hydrogen-bond acceptors (Lipinski definition) is 3. The summed E-state index contributed by atoms with van der Waals surface area (Å²) in [5.74, 6) is 8.58. The molecule has 27 heavy (non-hydrogen) atoms. The first-order valence-electron chi connectivity index (χ1n) is 8.99. The molecule has 138 valence electrons. The molecular formula is C22H23N3O2. The molecule has 1 atom stereocenters. The molecule has 1 aromatic heterocycles. The van der Waals surface area contributed by atoms with Crippen LogP contribution in [0, 0.1) is 24.2 Å². The van der Waals surface area contributed by atoms with E-state index in [1.165, 1.54) is 0 Å². The summed E-state index contributed by atoms with van der Waals surface area (Å²) < 4.78 is 5.53. The zero-order chi connectivity index (χ0) is 19.4. The highest BCUT2D eigenvalue weighted by Gasteiger charge is 2.34. The number of carbonyl (C=O) groups is 1. The van der Waals surface area contributed by atoms with Crippen molar-refractivity contribution in [2.75, 3.05) is 6.54 Å². The van der Waals surface area contributed by atoms with E-state index < -0.39 is 5.60 Å². The van der Waals surface area contributed by atoms with E-state index in [4.69, 9.17) is 11.2 Å². The molecule has 3 rings (SSSR count). The Kier molecular flexibility index (Phi) is 5.23. The Morgan fingerprint density at radius 3 is 2.74 bits per heavy atom. The Labute approximate surface area is 160 Å². The molecule has 1 fully saturated rings. The number of H-pyrrole nitrogens is 1. The number of rotatable bonds is 2. The van der Waals surface area contributed by atoms with Gasteiger partial charge in [-0.25, -0.2) is 9.78 Å². The first-order chi connectivity index (χ1) is 12.9. The van der Waals surface area contributed by atoms with Gasteiger partial charge in [0.25, 0.3) is 0 Å². The van der Waals surface area contributed by atoms with E-state index >= 15 is 0 Å². The van der Waals surface area contributed by atoms with Gasteiger partial charge in [0.1, 0.15) is 11.4 Å². The predicted octanol–water partition coefficient (Wildman–Crippen LogP) is 4.13. The van der Waals surface area contributed by atoms with Crippen molar-refractivity contribution in [3.05, 3.63) is 41.9 Å². The number of carbonyl (C=O) groups excluding carboxylic acids is 1. The van der Waals surface area contributed by atoms with Crippen LogP contribution in [0.25, 0.3) is 11.3 Å². The van der Waals surface area contributed by atoms with E-state index in [9.17, 15) is 4.79 Å². The second-order valence-corrected chi connectivity index (χ2v) is 7.49. The highest BCUT2D eigenvalue weighted by atomic mass is 16.6. The summed E-state index contributed by atoms with van der Waals surface area (Å²) in [5.41, 5.74) is 2.26. The Hall–Kier alpha value is -3.18. The van der Waals surface area contributed by atoms with E-state index in [0.29, 0.717) is 6.54 Å². The van der Waals surface area contributed by atoms with Gasteiger partial charge in [0, 0.05) is 12.1 Å². The number of aromatic nitrogens is 2. The number of terminal acetylenes is 1. The molecule has 0 aliphatic carbocycles. The van der Waals surface area contributed by atoms with Crippen LogP contribution in [0.4, 0.5) is 4.79 Å². The van der Waals surface area contributed by atoms with E-state index in [2.05, 4.69) is 27.7 Å². The van der Waals surface area contributed by atoms with Gasteiger partial charge in [0.15, 0.2) is 0 Å². The summed E-state index contributed by atoms with van der Waals surface area (Å²) in [7, 11) is 0. The molecule has 0 radical (unpaired) electrons. The molecule has 5 nitrogen and oxygen atoms in total. The zero-order valence-corrected chi connectivity index (χ0v) is 15.9. The molecule has 1 N–H and O–H groups in total. The van der Waals surface area contributed by atoms with Gasteiger partial charge in [0.2, 0.25) is 0 Å². The monoisotopic (exact) mass is 361 g/mol. The second-order valence-electron chi connectivity index (χ2n) is 7.49. The molecular weight excluding hydrogens is 338 g/mol. The molecule has 2 heterocycles. The topological polar surface area (TPSA) is 58.2 Å². The van der Waals surface area contributed by atoms with Crippen LogP contribution in [0.15, 0.2) is 30.5 Å². The first-order valence-corrected chi connectivity index (χ1v) is 8.99. The lowest BCUT2D eigenvalue weighted by molar-refractivity contribution is 0.0219. The molecule has 0 unspecified atom stereocenters. The zero-order valence-electron chi connectivity index (χ0n) is 15.9. The summed E-state index contributed by atoms with van der Waals surface area (Å²) in [4.78, 5) is 22.1. The molecule has 0 saturated carbocycles. The van der Waals surface area contributed by atoms with Crippen LogP contribution < -0.4 is 0 Å². The van der Waals surface area contributed by atoms with Gasteiger partial charge in [-0.1, -0.05) is 18.1 Å². The van der Waals surface area contributed by atoms with Crippen LogP contribution in [-0.2, 0) is 4.74 Å². The molecule has 0 bridgehead atoms. The molecule has 1 aliphatic heterocycles. The summed E-state index contributed by atoms with van der Waals surface area (Å²) in [6.45, 7) is 6.30. The van der Waals surface area contributed by atoms with Crippen LogP contribution in [0.3, 0.4) is 0 Å². The number of aromatic amines is 1. The smallest absolute Gasteiger partial charge is 0.410 e. The number of amides is 1. The summed E-state index contributed by atoms with van der Waals surface area (Å²) >= 11 is 0. The molecule has 1 aliphatic rings. The summed E-state index contributed by atoms with van der Waals surface area (Å²) in [6, 6.07) is 7.69. The lowest BCUT2D eigenvalue weighted by atomic mass is 10.1. The second kappa shape index (κ2) is 7.60. The van der Waals surface area contributed by atoms with Gasteiger partial charge in [-0.15, -0.1) is 6.42 Å². The van der Waals surface area contributed by atoms with E-state index in [1.807, 2.05) is 45.0 Å². The largest absolute Gasteiger partial charge is 0.444 e. The standard InChI is InChI=1S/C22H23N3O2/c1-5-6-8-16-10-12-17(13-11-16)18-15-23-20(24-18)19-9-7-14-25(19)21(26)27-22(2,3)4/h1,10-13,15,19H,7,9,14H2,2-4H3,(H,23,24)/t19-/m0/s1. The molecule has 0 spiro atoms. The third kappa shape index (κ3) is 4.51. The van der Waals surface area contributed by atoms with E-state index in [0.717, 1.165) is 35.5 Å². The number of nitrogens with one attached hydrogen (secondary N) is 1. The Bertz CT molecular complexity index is 917. The van der Waals surface area contributed by atoms with Crippen LogP contribution >= 0.6 is 0 Å². The number of likely N-dealkylation sites (tertiary alicyclic amines) is 1. The van der Waals surface area contributed by atoms with Crippen molar-refractivity contribution in [1.82, 2.24) is 14.9 Å². The SMILES string of the molecule is C#CC#Cc1ccc(-c2cnc([C@@H]3CCCN3C(=O)OC(C)(C)C)[nH]2)cc1. The fraction of sp³-hybridized carbons (Fsp3) is 0.364. The number of imidazole rings is 1. The predicted molar refractivity (Wildman–Crippen MR) is 105 cm³/mol. The lowest BCUT2D eigenvalue weighted by Crippen LogP contribution is -2.36. The van der Waals surface area contributed by atoms with Crippen molar-refractivity contribution in [3.8, 4) is 35.4 Å². The first kappa shape index (κ1) is 18.6. The molecule has 2 aromatic rings. The minimum Gasteiger partial charge on any atom is -0.444 e. The van der Waals surface area contributed by atoms with E-state index in [1.54, 1.807) is 11.1 Å². The number of benzene rings is 1. The van der Waals surface area contributed by atoms with Gasteiger partial charge in [-0.2, -0.15) is 0 Å². The molecule has 1 saturated heterocycles. The third-order valence-electron chi connectivity index (χ3n) is 4.27. The fourth-order valence-corrected chi connectivity index (χ4v) is 3.08. The average molecular weight is 361 g/mol. The molecule has 1 aromatic carbocycles. The van der Waals surface area contributed by atoms with Crippen molar-refractivity contribution in [1.29, 1.82) is 0 Å². The maximum Gasteiger partial charge on any atom is 0.410 e. The minimum absolute atomic E-state index is 0.0885. The van der Waals surface area contributed by atoms with Gasteiger partial charge >= 0.3 is 6.09 Å². The maximum atomic E-state index is 12.5. The van der Waals surface area contributed by atoms with Crippen molar-refractivity contribution < 1.29 is 9.53 Å². The normalized spacial score (nSPS) is 16.4. The summed E-state index contributed by atoms with van der Waals surface area (Å²) in [6.07, 6.45) is 8.46. The van der Waals surface area contributed by atoms with Gasteiger partial charge in [0.05, 0.1) is 17.9 Å². The van der Waals surface area contributed by atoms with Crippen molar-refractivity contribution in [2.24, 2.45) is 0 Å². The molecule has 1 amide bonds. The van der Waals surface area contributed by atoms with Crippen LogP contribution in [0.1, 0.15) is 51.0 Å². The number of hydrogen-bond donors (Lipinski definition) is 1. The Morgan fingerprint density at radius 1 is 1.33 bits per heavy atom. The Morgan fingerprint density at radius 2 is 2.07 bits per heavy atom. The van der Waals surface area contributed by atoms with Crippen LogP contribution in [0.5, 0.6) is 0 Å². The Balaban J connectivity index is 1.77. The van der Waals surface area contributed by atoms with Gasteiger partial charge in [-0.05, 0) is 63.1 Å². The third-order valence-corrected chi connectivity index (χ3v) is 4.27. The van der Waals surface area contributed by atoms with Crippen molar-refractivity contribution in [3.63, 3.8) is 0 Å². The molecule has 5 heteroatoms. The highest BCUT2D eigenvalue weighted by Crippen LogP contribution is 2.32. The lowest BCUT2D eigenvalue weighted by Gasteiger charge is -2.27. The van der Waals surface area contributed by atoms with Crippen molar-refractivity contribution >= 4 is 6.09 Å².